The maximum Gasteiger partial charge on any atom is 0.257 e. The number of methoxy groups -OCH3 is 1. The molecule has 0 atom stereocenters. The summed E-state index contributed by atoms with van der Waals surface area (Å²) in [6.45, 7) is 0. The van der Waals surface area contributed by atoms with Gasteiger partial charge in [0, 0.05) is 23.1 Å². The molecule has 0 aliphatic heterocycles. The molecule has 0 spiro atoms. The molecule has 0 saturated heterocycles. The molecule has 5 nitrogen and oxygen atoms in total. The van der Waals surface area contributed by atoms with Crippen LogP contribution in [0.15, 0.2) is 82.4 Å². The molecule has 4 rings (SSSR count). The number of fused-ring (bicyclic) bond motifs is 1. The van der Waals surface area contributed by atoms with Crippen molar-refractivity contribution in [1.29, 1.82) is 0 Å². The van der Waals surface area contributed by atoms with Crippen LogP contribution in [-0.4, -0.2) is 18.0 Å². The van der Waals surface area contributed by atoms with E-state index < -0.39 is 0 Å². The maximum absolute atomic E-state index is 12.8. The highest BCUT2D eigenvalue weighted by molar-refractivity contribution is 7.98. The fourth-order valence-corrected chi connectivity index (χ4v) is 3.66. The number of nitrogens with one attached hydrogen (secondary N) is 1. The largest absolute Gasteiger partial charge is 0.497 e. The second-order valence-electron chi connectivity index (χ2n) is 6.08. The summed E-state index contributed by atoms with van der Waals surface area (Å²) in [5.41, 5.74) is 3.80. The Hall–Kier alpha value is -3.25. The van der Waals surface area contributed by atoms with Crippen molar-refractivity contribution in [3.05, 3.63) is 83.9 Å². The number of benzene rings is 3. The zero-order chi connectivity index (χ0) is 19.3. The third-order valence-corrected chi connectivity index (χ3v) is 5.09. The molecule has 28 heavy (non-hydrogen) atoms. The zero-order valence-electron chi connectivity index (χ0n) is 15.2. The van der Waals surface area contributed by atoms with Gasteiger partial charge in [-0.05, 0) is 35.9 Å². The van der Waals surface area contributed by atoms with Gasteiger partial charge >= 0.3 is 0 Å². The Balaban J connectivity index is 1.50. The van der Waals surface area contributed by atoms with Crippen molar-refractivity contribution < 1.29 is 13.9 Å². The lowest BCUT2D eigenvalue weighted by Gasteiger charge is -2.10. The van der Waals surface area contributed by atoms with Crippen molar-refractivity contribution in [3.63, 3.8) is 0 Å². The zero-order valence-corrected chi connectivity index (χ0v) is 16.0. The topological polar surface area (TPSA) is 64.4 Å². The molecule has 1 amide bonds. The summed E-state index contributed by atoms with van der Waals surface area (Å²) in [6.07, 6.45) is 0. The number of anilines is 1. The molecule has 0 saturated carbocycles. The van der Waals surface area contributed by atoms with Crippen molar-refractivity contribution in [3.8, 4) is 5.75 Å². The maximum atomic E-state index is 12.8. The Labute approximate surface area is 166 Å². The Kier molecular flexibility index (Phi) is 5.30. The average Bonchev–Trinajstić information content (AvgIpc) is 3.15. The van der Waals surface area contributed by atoms with Crippen LogP contribution < -0.4 is 10.1 Å². The minimum atomic E-state index is -0.165. The van der Waals surface area contributed by atoms with Gasteiger partial charge in [-0.3, -0.25) is 4.79 Å². The Morgan fingerprint density at radius 3 is 2.75 bits per heavy atom. The van der Waals surface area contributed by atoms with Gasteiger partial charge < -0.3 is 14.5 Å². The normalized spacial score (nSPS) is 10.8. The molecule has 140 valence electrons. The smallest absolute Gasteiger partial charge is 0.257 e. The minimum absolute atomic E-state index is 0.165. The summed E-state index contributed by atoms with van der Waals surface area (Å²) in [4.78, 5) is 17.3. The molecule has 0 aliphatic carbocycles. The number of hydrogen-bond donors (Lipinski definition) is 1. The van der Waals surface area contributed by atoms with E-state index in [1.807, 2.05) is 66.7 Å². The van der Waals surface area contributed by atoms with E-state index >= 15 is 0 Å². The van der Waals surface area contributed by atoms with Gasteiger partial charge in [0.05, 0.1) is 7.11 Å². The SMILES string of the molecule is COc1cccc(NC(=O)c2ccccc2CSc2nc3ccccc3o2)c1. The van der Waals surface area contributed by atoms with Crippen LogP contribution in [0, 0.1) is 0 Å². The van der Waals surface area contributed by atoms with E-state index in [-0.39, 0.29) is 5.91 Å². The number of carbonyl (C=O) groups excluding carboxylic acids is 1. The molecule has 0 fully saturated rings. The summed E-state index contributed by atoms with van der Waals surface area (Å²) in [5.74, 6) is 1.11. The molecule has 1 N–H and O–H groups in total. The number of hydrogen-bond acceptors (Lipinski definition) is 5. The van der Waals surface area contributed by atoms with Crippen LogP contribution in [0.2, 0.25) is 0 Å². The molecule has 1 aromatic heterocycles. The van der Waals surface area contributed by atoms with Crippen molar-refractivity contribution in [2.24, 2.45) is 0 Å². The first kappa shape index (κ1) is 18.1. The van der Waals surface area contributed by atoms with Gasteiger partial charge in [-0.15, -0.1) is 0 Å². The van der Waals surface area contributed by atoms with E-state index in [0.717, 1.165) is 16.7 Å². The monoisotopic (exact) mass is 390 g/mol. The number of thioether (sulfide) groups is 1. The van der Waals surface area contributed by atoms with Crippen LogP contribution in [0.5, 0.6) is 5.75 Å². The van der Waals surface area contributed by atoms with Gasteiger partial charge in [-0.1, -0.05) is 48.2 Å². The van der Waals surface area contributed by atoms with Crippen LogP contribution in [0.25, 0.3) is 11.1 Å². The highest BCUT2D eigenvalue weighted by Gasteiger charge is 2.13. The second kappa shape index (κ2) is 8.19. The van der Waals surface area contributed by atoms with E-state index in [1.165, 1.54) is 11.8 Å². The molecule has 4 aromatic rings. The van der Waals surface area contributed by atoms with Crippen LogP contribution in [0.4, 0.5) is 5.69 Å². The van der Waals surface area contributed by atoms with Gasteiger partial charge in [-0.25, -0.2) is 4.98 Å². The van der Waals surface area contributed by atoms with Gasteiger partial charge in [-0.2, -0.15) is 0 Å². The number of aromatic nitrogens is 1. The van der Waals surface area contributed by atoms with Crippen LogP contribution >= 0.6 is 11.8 Å². The first-order valence-electron chi connectivity index (χ1n) is 8.74. The summed E-state index contributed by atoms with van der Waals surface area (Å²) in [6, 6.07) is 22.5. The number of ether oxygens (including phenoxy) is 1. The molecule has 0 unspecified atom stereocenters. The minimum Gasteiger partial charge on any atom is -0.497 e. The standard InChI is InChI=1S/C22H18N2O3S/c1-26-17-9-6-8-16(13-17)23-21(25)18-10-3-2-7-15(18)14-28-22-24-19-11-4-5-12-20(19)27-22/h2-13H,14H2,1H3,(H,23,25). The molecule has 0 bridgehead atoms. The summed E-state index contributed by atoms with van der Waals surface area (Å²) in [5, 5.41) is 3.51. The molecular formula is C22H18N2O3S. The number of amides is 1. The first-order valence-corrected chi connectivity index (χ1v) is 9.73. The van der Waals surface area contributed by atoms with Gasteiger partial charge in [0.1, 0.15) is 11.3 Å². The van der Waals surface area contributed by atoms with Gasteiger partial charge in [0.2, 0.25) is 0 Å². The van der Waals surface area contributed by atoms with Crippen molar-refractivity contribution in [2.75, 3.05) is 12.4 Å². The summed E-state index contributed by atoms with van der Waals surface area (Å²) < 4.78 is 11.0. The lowest BCUT2D eigenvalue weighted by atomic mass is 10.1. The Morgan fingerprint density at radius 1 is 1.07 bits per heavy atom. The molecule has 3 aromatic carbocycles. The lowest BCUT2D eigenvalue weighted by molar-refractivity contribution is 0.102. The summed E-state index contributed by atoms with van der Waals surface area (Å²) in [7, 11) is 1.60. The molecule has 1 heterocycles. The van der Waals surface area contributed by atoms with E-state index in [2.05, 4.69) is 10.3 Å². The molecular weight excluding hydrogens is 372 g/mol. The number of nitrogens with zero attached hydrogens (tertiary/aromatic N) is 1. The third-order valence-electron chi connectivity index (χ3n) is 4.22. The highest BCUT2D eigenvalue weighted by atomic mass is 32.2. The van der Waals surface area contributed by atoms with Crippen molar-refractivity contribution in [2.45, 2.75) is 11.0 Å². The number of oxazole rings is 1. The number of rotatable bonds is 6. The average molecular weight is 390 g/mol. The predicted molar refractivity (Wildman–Crippen MR) is 111 cm³/mol. The third kappa shape index (κ3) is 4.02. The van der Waals surface area contributed by atoms with Crippen LogP contribution in [0.1, 0.15) is 15.9 Å². The first-order chi connectivity index (χ1) is 13.7. The fraction of sp³-hybridized carbons (Fsp3) is 0.0909. The number of carbonyl (C=O) groups is 1. The number of para-hydroxylation sites is 2. The molecule has 6 heteroatoms. The van der Waals surface area contributed by atoms with Crippen LogP contribution in [0.3, 0.4) is 0 Å². The van der Waals surface area contributed by atoms with E-state index in [1.54, 1.807) is 13.2 Å². The van der Waals surface area contributed by atoms with Crippen LogP contribution in [-0.2, 0) is 5.75 Å². The Morgan fingerprint density at radius 2 is 1.89 bits per heavy atom. The van der Waals surface area contributed by atoms with Crippen molar-refractivity contribution >= 4 is 34.5 Å². The van der Waals surface area contributed by atoms with E-state index in [9.17, 15) is 4.79 Å². The van der Waals surface area contributed by atoms with Crippen molar-refractivity contribution in [1.82, 2.24) is 4.98 Å². The van der Waals surface area contributed by atoms with E-state index in [4.69, 9.17) is 9.15 Å². The van der Waals surface area contributed by atoms with E-state index in [0.29, 0.717) is 28.0 Å². The highest BCUT2D eigenvalue weighted by Crippen LogP contribution is 2.27. The predicted octanol–water partition coefficient (Wildman–Crippen LogP) is 5.38. The molecule has 0 radical (unpaired) electrons. The fourth-order valence-electron chi connectivity index (χ4n) is 2.82. The quantitative estimate of drug-likeness (QED) is 0.448. The Bertz CT molecular complexity index is 1090. The van der Waals surface area contributed by atoms with Gasteiger partial charge in [0.15, 0.2) is 5.58 Å². The molecule has 0 aliphatic rings. The van der Waals surface area contributed by atoms with Gasteiger partial charge in [0.25, 0.3) is 11.1 Å². The second-order valence-corrected chi connectivity index (χ2v) is 7.01. The summed E-state index contributed by atoms with van der Waals surface area (Å²) >= 11 is 1.47. The lowest BCUT2D eigenvalue weighted by Crippen LogP contribution is -2.14.